The summed E-state index contributed by atoms with van der Waals surface area (Å²) in [5, 5.41) is 11.5. The standard InChI is InChI=1S/C18H17F2NO4/c19-16(20)14-8-4-7-13(9-14)10-15(17(22)23)21-18(24)25-11-12-5-2-1-3-6-12/h1-9,15-16H,10-11H2,(H,21,24)(H,22,23). The van der Waals surface area contributed by atoms with Crippen LogP contribution in [0.5, 0.6) is 0 Å². The van der Waals surface area contributed by atoms with E-state index in [4.69, 9.17) is 4.74 Å². The molecule has 0 aliphatic rings. The summed E-state index contributed by atoms with van der Waals surface area (Å²) in [6.07, 6.45) is -3.66. The highest BCUT2D eigenvalue weighted by molar-refractivity contribution is 5.80. The number of alkyl carbamates (subject to hydrolysis) is 1. The van der Waals surface area contributed by atoms with Gasteiger partial charge in [0.2, 0.25) is 0 Å². The van der Waals surface area contributed by atoms with Crippen molar-refractivity contribution in [3.63, 3.8) is 0 Å². The van der Waals surface area contributed by atoms with Crippen molar-refractivity contribution < 1.29 is 28.2 Å². The van der Waals surface area contributed by atoms with E-state index in [0.29, 0.717) is 5.56 Å². The van der Waals surface area contributed by atoms with E-state index in [1.165, 1.54) is 24.3 Å². The minimum absolute atomic E-state index is 0.000119. The van der Waals surface area contributed by atoms with E-state index in [2.05, 4.69) is 5.32 Å². The Balaban J connectivity index is 1.95. The average molecular weight is 349 g/mol. The largest absolute Gasteiger partial charge is 0.480 e. The predicted octanol–water partition coefficient (Wildman–Crippen LogP) is 3.55. The van der Waals surface area contributed by atoms with Crippen molar-refractivity contribution in [2.75, 3.05) is 0 Å². The summed E-state index contributed by atoms with van der Waals surface area (Å²) in [4.78, 5) is 23.1. The number of ether oxygens (including phenoxy) is 1. The van der Waals surface area contributed by atoms with Gasteiger partial charge in [0.05, 0.1) is 0 Å². The topological polar surface area (TPSA) is 75.6 Å². The lowest BCUT2D eigenvalue weighted by Crippen LogP contribution is -2.42. The molecule has 1 amide bonds. The highest BCUT2D eigenvalue weighted by Gasteiger charge is 2.21. The van der Waals surface area contributed by atoms with Crippen molar-refractivity contribution in [3.05, 3.63) is 71.3 Å². The second-order valence-electron chi connectivity index (χ2n) is 5.35. The smallest absolute Gasteiger partial charge is 0.408 e. The first-order valence-corrected chi connectivity index (χ1v) is 7.52. The van der Waals surface area contributed by atoms with Crippen LogP contribution in [0.4, 0.5) is 13.6 Å². The fraction of sp³-hybridized carbons (Fsp3) is 0.222. The van der Waals surface area contributed by atoms with E-state index in [1.54, 1.807) is 24.3 Å². The third kappa shape index (κ3) is 5.87. The molecule has 0 saturated carbocycles. The number of hydrogen-bond acceptors (Lipinski definition) is 3. The summed E-state index contributed by atoms with van der Waals surface area (Å²) in [6, 6.07) is 13.0. The second kappa shape index (κ2) is 8.77. The summed E-state index contributed by atoms with van der Waals surface area (Å²) in [5.74, 6) is -1.28. The van der Waals surface area contributed by atoms with Crippen LogP contribution < -0.4 is 5.32 Å². The van der Waals surface area contributed by atoms with Crippen molar-refractivity contribution in [3.8, 4) is 0 Å². The third-order valence-electron chi connectivity index (χ3n) is 3.45. The zero-order chi connectivity index (χ0) is 18.2. The lowest BCUT2D eigenvalue weighted by Gasteiger charge is -2.15. The van der Waals surface area contributed by atoms with Gasteiger partial charge in [-0.15, -0.1) is 0 Å². The lowest BCUT2D eigenvalue weighted by molar-refractivity contribution is -0.139. The van der Waals surface area contributed by atoms with Gasteiger partial charge in [0.1, 0.15) is 12.6 Å². The van der Waals surface area contributed by atoms with Gasteiger partial charge in [-0.1, -0.05) is 54.6 Å². The van der Waals surface area contributed by atoms with Crippen LogP contribution in [0.3, 0.4) is 0 Å². The fourth-order valence-corrected chi connectivity index (χ4v) is 2.20. The summed E-state index contributed by atoms with van der Waals surface area (Å²) in [5.41, 5.74) is 0.941. The van der Waals surface area contributed by atoms with Gasteiger partial charge >= 0.3 is 12.1 Å². The molecule has 1 unspecified atom stereocenters. The number of carboxylic acids is 1. The first kappa shape index (κ1) is 18.4. The molecule has 0 radical (unpaired) electrons. The van der Waals surface area contributed by atoms with Gasteiger partial charge in [0.15, 0.2) is 0 Å². The Bertz CT molecular complexity index is 722. The Labute approximate surface area is 143 Å². The van der Waals surface area contributed by atoms with E-state index in [0.717, 1.165) is 5.56 Å². The molecule has 0 saturated heterocycles. The quantitative estimate of drug-likeness (QED) is 0.802. The third-order valence-corrected chi connectivity index (χ3v) is 3.45. The normalized spacial score (nSPS) is 11.8. The molecule has 2 aromatic carbocycles. The van der Waals surface area contributed by atoms with E-state index < -0.39 is 24.5 Å². The maximum absolute atomic E-state index is 12.7. The van der Waals surface area contributed by atoms with Gasteiger partial charge in [-0.3, -0.25) is 0 Å². The molecule has 2 N–H and O–H groups in total. The monoisotopic (exact) mass is 349 g/mol. The number of carbonyl (C=O) groups is 2. The van der Waals surface area contributed by atoms with Crippen molar-refractivity contribution in [2.45, 2.75) is 25.5 Å². The first-order chi connectivity index (χ1) is 12.0. The summed E-state index contributed by atoms with van der Waals surface area (Å²) in [6.45, 7) is -0.000119. The molecular formula is C18H17F2NO4. The molecule has 132 valence electrons. The molecule has 0 aliphatic heterocycles. The molecule has 1 atom stereocenters. The Morgan fingerprint density at radius 3 is 2.36 bits per heavy atom. The molecule has 0 fully saturated rings. The van der Waals surface area contributed by atoms with Crippen LogP contribution >= 0.6 is 0 Å². The number of amides is 1. The Kier molecular flexibility index (Phi) is 6.45. The molecule has 25 heavy (non-hydrogen) atoms. The van der Waals surface area contributed by atoms with Gasteiger partial charge in [-0.05, 0) is 11.1 Å². The number of benzene rings is 2. The number of alkyl halides is 2. The van der Waals surface area contributed by atoms with E-state index >= 15 is 0 Å². The number of nitrogens with one attached hydrogen (secondary N) is 1. The molecule has 2 rings (SSSR count). The molecule has 0 spiro atoms. The fourth-order valence-electron chi connectivity index (χ4n) is 2.20. The Hall–Kier alpha value is -2.96. The highest BCUT2D eigenvalue weighted by Crippen LogP contribution is 2.20. The summed E-state index contributed by atoms with van der Waals surface area (Å²) < 4.78 is 30.4. The number of halogens is 2. The lowest BCUT2D eigenvalue weighted by atomic mass is 10.0. The minimum Gasteiger partial charge on any atom is -0.480 e. The predicted molar refractivity (Wildman–Crippen MR) is 86.3 cm³/mol. The number of carbonyl (C=O) groups excluding carboxylic acids is 1. The van der Waals surface area contributed by atoms with Crippen LogP contribution in [-0.4, -0.2) is 23.2 Å². The van der Waals surface area contributed by atoms with E-state index in [-0.39, 0.29) is 18.6 Å². The van der Waals surface area contributed by atoms with Gasteiger partial charge in [-0.2, -0.15) is 0 Å². The van der Waals surface area contributed by atoms with Crippen LogP contribution in [0, 0.1) is 0 Å². The number of rotatable bonds is 7. The molecule has 0 aromatic heterocycles. The molecule has 0 bridgehead atoms. The molecular weight excluding hydrogens is 332 g/mol. The molecule has 2 aromatic rings. The maximum Gasteiger partial charge on any atom is 0.408 e. The molecule has 5 nitrogen and oxygen atoms in total. The van der Waals surface area contributed by atoms with Crippen molar-refractivity contribution in [1.29, 1.82) is 0 Å². The van der Waals surface area contributed by atoms with Crippen LogP contribution in [0.15, 0.2) is 54.6 Å². The van der Waals surface area contributed by atoms with Crippen LogP contribution in [0.2, 0.25) is 0 Å². The van der Waals surface area contributed by atoms with Crippen molar-refractivity contribution in [1.82, 2.24) is 5.32 Å². The Morgan fingerprint density at radius 1 is 1.04 bits per heavy atom. The number of carboxylic acid groups (broad SMARTS) is 1. The maximum atomic E-state index is 12.7. The van der Waals surface area contributed by atoms with Crippen LogP contribution in [0.25, 0.3) is 0 Å². The molecule has 0 aliphatic carbocycles. The van der Waals surface area contributed by atoms with Crippen molar-refractivity contribution in [2.24, 2.45) is 0 Å². The molecule has 7 heteroatoms. The second-order valence-corrected chi connectivity index (χ2v) is 5.35. The SMILES string of the molecule is O=C(NC(Cc1cccc(C(F)F)c1)C(=O)O)OCc1ccccc1. The van der Waals surface area contributed by atoms with E-state index in [9.17, 15) is 23.5 Å². The van der Waals surface area contributed by atoms with Gasteiger partial charge in [0, 0.05) is 12.0 Å². The average Bonchev–Trinajstić information content (AvgIpc) is 2.60. The number of hydrogen-bond donors (Lipinski definition) is 2. The zero-order valence-corrected chi connectivity index (χ0v) is 13.2. The first-order valence-electron chi connectivity index (χ1n) is 7.52. The summed E-state index contributed by atoms with van der Waals surface area (Å²) >= 11 is 0. The number of aliphatic carboxylic acids is 1. The van der Waals surface area contributed by atoms with Gasteiger partial charge in [0.25, 0.3) is 6.43 Å². The van der Waals surface area contributed by atoms with Crippen molar-refractivity contribution >= 4 is 12.1 Å². The highest BCUT2D eigenvalue weighted by atomic mass is 19.3. The summed E-state index contributed by atoms with van der Waals surface area (Å²) in [7, 11) is 0. The Morgan fingerprint density at radius 2 is 1.72 bits per heavy atom. The van der Waals surface area contributed by atoms with Gasteiger partial charge in [-0.25, -0.2) is 18.4 Å². The zero-order valence-electron chi connectivity index (χ0n) is 13.2. The van der Waals surface area contributed by atoms with E-state index in [1.807, 2.05) is 6.07 Å². The van der Waals surface area contributed by atoms with Gasteiger partial charge < -0.3 is 15.2 Å². The van der Waals surface area contributed by atoms with Crippen LogP contribution in [-0.2, 0) is 22.6 Å². The minimum atomic E-state index is -2.65. The molecule has 0 heterocycles. The van der Waals surface area contributed by atoms with Crippen LogP contribution in [0.1, 0.15) is 23.1 Å².